The van der Waals surface area contributed by atoms with E-state index in [-0.39, 0.29) is 0 Å². The third-order valence-electron chi connectivity index (χ3n) is 3.21. The lowest BCUT2D eigenvalue weighted by molar-refractivity contribution is 0.436. The molecule has 1 nitrogen and oxygen atoms in total. The van der Waals surface area contributed by atoms with Crippen molar-refractivity contribution in [2.45, 2.75) is 65.7 Å². The number of unbranched alkanes of at least 4 members (excludes halogenated alkanes) is 3. The topological polar surface area (TPSA) is 12.9 Å². The minimum atomic E-state index is 0.846. The Hall–Kier alpha value is -0.370. The molecule has 16 heavy (non-hydrogen) atoms. The quantitative estimate of drug-likeness (QED) is 0.582. The van der Waals surface area contributed by atoms with E-state index in [9.17, 15) is 0 Å². The first kappa shape index (κ1) is 13.7. The van der Waals surface area contributed by atoms with Gasteiger partial charge in [-0.15, -0.1) is 11.3 Å². The summed E-state index contributed by atoms with van der Waals surface area (Å²) >= 11 is 1.78. The summed E-state index contributed by atoms with van der Waals surface area (Å²) in [5, 5.41) is 3.43. The molecule has 1 rings (SSSR count). The van der Waals surface area contributed by atoms with Gasteiger partial charge in [0.15, 0.2) is 0 Å². The first-order chi connectivity index (χ1) is 7.76. The third-order valence-corrected chi connectivity index (χ3v) is 4.03. The van der Waals surface area contributed by atoms with Crippen molar-refractivity contribution >= 4 is 11.3 Å². The Bertz CT molecular complexity index is 280. The standard InChI is InChI=1S/C14H25NS/c1-4-6-7-8-9-13(5-2)10-14-11-16-12(3)15-14/h11,13H,4-10H2,1-3H3. The number of hydrogen-bond donors (Lipinski definition) is 0. The third kappa shape index (κ3) is 5.11. The molecule has 0 fully saturated rings. The highest BCUT2D eigenvalue weighted by Gasteiger charge is 2.09. The van der Waals surface area contributed by atoms with Crippen molar-refractivity contribution in [3.63, 3.8) is 0 Å². The van der Waals surface area contributed by atoms with Gasteiger partial charge in [0, 0.05) is 5.38 Å². The maximum Gasteiger partial charge on any atom is 0.0897 e. The van der Waals surface area contributed by atoms with Crippen LogP contribution in [-0.4, -0.2) is 4.98 Å². The molecule has 0 amide bonds. The Morgan fingerprint density at radius 1 is 1.25 bits per heavy atom. The van der Waals surface area contributed by atoms with Gasteiger partial charge in [0.25, 0.3) is 0 Å². The lowest BCUT2D eigenvalue weighted by Crippen LogP contribution is -2.03. The summed E-state index contributed by atoms with van der Waals surface area (Å²) in [5.41, 5.74) is 1.31. The first-order valence-corrected chi connectivity index (χ1v) is 7.55. The summed E-state index contributed by atoms with van der Waals surface area (Å²) < 4.78 is 0. The van der Waals surface area contributed by atoms with Crippen molar-refractivity contribution in [2.24, 2.45) is 5.92 Å². The maximum atomic E-state index is 4.56. The van der Waals surface area contributed by atoms with Gasteiger partial charge in [0.2, 0.25) is 0 Å². The Morgan fingerprint density at radius 3 is 2.62 bits per heavy atom. The summed E-state index contributed by atoms with van der Waals surface area (Å²) in [7, 11) is 0. The van der Waals surface area contributed by atoms with E-state index in [1.54, 1.807) is 11.3 Å². The van der Waals surface area contributed by atoms with Crippen LogP contribution in [0.4, 0.5) is 0 Å². The van der Waals surface area contributed by atoms with Gasteiger partial charge >= 0.3 is 0 Å². The summed E-state index contributed by atoms with van der Waals surface area (Å²) in [6, 6.07) is 0. The highest BCUT2D eigenvalue weighted by Crippen LogP contribution is 2.20. The molecule has 0 aliphatic heterocycles. The second kappa shape index (κ2) is 7.83. The smallest absolute Gasteiger partial charge is 0.0897 e. The number of hydrogen-bond acceptors (Lipinski definition) is 2. The number of thiazole rings is 1. The van der Waals surface area contributed by atoms with Crippen LogP contribution in [-0.2, 0) is 6.42 Å². The molecule has 0 aliphatic rings. The molecule has 0 saturated heterocycles. The predicted molar refractivity (Wildman–Crippen MR) is 73.1 cm³/mol. The van der Waals surface area contributed by atoms with Crippen LogP contribution in [0.3, 0.4) is 0 Å². The van der Waals surface area contributed by atoms with E-state index >= 15 is 0 Å². The Balaban J connectivity index is 2.26. The van der Waals surface area contributed by atoms with Gasteiger partial charge < -0.3 is 0 Å². The van der Waals surface area contributed by atoms with Crippen molar-refractivity contribution in [3.8, 4) is 0 Å². The molecule has 1 aromatic rings. The van der Waals surface area contributed by atoms with Gasteiger partial charge in [-0.1, -0.05) is 52.4 Å². The van der Waals surface area contributed by atoms with Gasteiger partial charge in [0.1, 0.15) is 0 Å². The second-order valence-electron chi connectivity index (χ2n) is 4.69. The van der Waals surface area contributed by atoms with Gasteiger partial charge in [0.05, 0.1) is 10.7 Å². The van der Waals surface area contributed by atoms with Gasteiger partial charge in [-0.05, 0) is 19.3 Å². The van der Waals surface area contributed by atoms with Crippen molar-refractivity contribution in [2.75, 3.05) is 0 Å². The monoisotopic (exact) mass is 239 g/mol. The number of aryl methyl sites for hydroxylation is 1. The molecule has 1 atom stereocenters. The molecule has 0 aromatic carbocycles. The van der Waals surface area contributed by atoms with Crippen LogP contribution in [0.15, 0.2) is 5.38 Å². The first-order valence-electron chi connectivity index (χ1n) is 6.67. The second-order valence-corrected chi connectivity index (χ2v) is 5.75. The fraction of sp³-hybridized carbons (Fsp3) is 0.786. The molecule has 0 radical (unpaired) electrons. The van der Waals surface area contributed by atoms with Gasteiger partial charge in [-0.2, -0.15) is 0 Å². The summed E-state index contributed by atoms with van der Waals surface area (Å²) in [4.78, 5) is 4.56. The van der Waals surface area contributed by atoms with E-state index in [2.05, 4.69) is 31.1 Å². The molecule has 1 unspecified atom stereocenters. The zero-order valence-corrected chi connectivity index (χ0v) is 11.8. The van der Waals surface area contributed by atoms with Crippen LogP contribution in [0.5, 0.6) is 0 Å². The summed E-state index contributed by atoms with van der Waals surface area (Å²) in [5.74, 6) is 0.846. The molecule has 0 bridgehead atoms. The van der Waals surface area contributed by atoms with Crippen LogP contribution in [0.1, 0.15) is 63.1 Å². The summed E-state index contributed by atoms with van der Waals surface area (Å²) in [6.07, 6.45) is 9.40. The van der Waals surface area contributed by atoms with Gasteiger partial charge in [-0.3, -0.25) is 0 Å². The minimum Gasteiger partial charge on any atom is -0.247 e. The number of aromatic nitrogens is 1. The normalized spacial score (nSPS) is 12.9. The maximum absolute atomic E-state index is 4.56. The molecule has 0 aliphatic carbocycles. The van der Waals surface area contributed by atoms with E-state index < -0.39 is 0 Å². The zero-order valence-electron chi connectivity index (χ0n) is 11.0. The van der Waals surface area contributed by atoms with Crippen molar-refractivity contribution in [1.82, 2.24) is 4.98 Å². The number of nitrogens with zero attached hydrogens (tertiary/aromatic N) is 1. The average molecular weight is 239 g/mol. The van der Waals surface area contributed by atoms with E-state index in [0.717, 1.165) is 5.92 Å². The van der Waals surface area contributed by atoms with Crippen molar-refractivity contribution in [1.29, 1.82) is 0 Å². The van der Waals surface area contributed by atoms with Crippen molar-refractivity contribution in [3.05, 3.63) is 16.1 Å². The van der Waals surface area contributed by atoms with Gasteiger partial charge in [-0.25, -0.2) is 4.98 Å². The largest absolute Gasteiger partial charge is 0.247 e. The predicted octanol–water partition coefficient (Wildman–Crippen LogP) is 4.99. The molecular formula is C14H25NS. The van der Waals surface area contributed by atoms with Crippen LogP contribution < -0.4 is 0 Å². The van der Waals surface area contributed by atoms with Crippen LogP contribution in [0.2, 0.25) is 0 Å². The van der Waals surface area contributed by atoms with E-state index in [0.29, 0.717) is 0 Å². The minimum absolute atomic E-state index is 0.846. The lowest BCUT2D eigenvalue weighted by atomic mass is 9.94. The Kier molecular flexibility index (Phi) is 6.70. The highest BCUT2D eigenvalue weighted by molar-refractivity contribution is 7.09. The Morgan fingerprint density at radius 2 is 2.06 bits per heavy atom. The van der Waals surface area contributed by atoms with E-state index in [4.69, 9.17) is 0 Å². The molecule has 2 heteroatoms. The Labute approximate surface area is 104 Å². The van der Waals surface area contributed by atoms with Crippen molar-refractivity contribution < 1.29 is 0 Å². The molecule has 0 saturated carbocycles. The molecule has 0 spiro atoms. The fourth-order valence-corrected chi connectivity index (χ4v) is 2.73. The molecule has 1 aromatic heterocycles. The zero-order chi connectivity index (χ0) is 11.8. The lowest BCUT2D eigenvalue weighted by Gasteiger charge is -2.12. The summed E-state index contributed by atoms with van der Waals surface area (Å²) in [6.45, 7) is 6.68. The highest BCUT2D eigenvalue weighted by atomic mass is 32.1. The van der Waals surface area contributed by atoms with Crippen LogP contribution >= 0.6 is 11.3 Å². The van der Waals surface area contributed by atoms with E-state index in [1.165, 1.54) is 55.6 Å². The van der Waals surface area contributed by atoms with Crippen LogP contribution in [0.25, 0.3) is 0 Å². The molecule has 0 N–H and O–H groups in total. The average Bonchev–Trinajstić information content (AvgIpc) is 2.68. The van der Waals surface area contributed by atoms with E-state index in [1.807, 2.05) is 0 Å². The fourth-order valence-electron chi connectivity index (χ4n) is 2.11. The number of rotatable bonds is 8. The molecule has 92 valence electrons. The SMILES string of the molecule is CCCCCCC(CC)Cc1csc(C)n1. The molecular weight excluding hydrogens is 214 g/mol. The molecule has 1 heterocycles. The van der Waals surface area contributed by atoms with Crippen LogP contribution in [0, 0.1) is 12.8 Å².